The van der Waals surface area contributed by atoms with E-state index in [1.807, 2.05) is 6.92 Å². The number of likely N-dealkylation sites (N-methyl/N-ethyl adjacent to an activating group) is 1. The summed E-state index contributed by atoms with van der Waals surface area (Å²) in [7, 11) is -4.17. The van der Waals surface area contributed by atoms with Crippen molar-refractivity contribution >= 4 is 50.7 Å². The lowest BCUT2D eigenvalue weighted by Gasteiger charge is -2.33. The lowest BCUT2D eigenvalue weighted by Crippen LogP contribution is -2.52. The molecule has 0 fully saturated rings. The first-order valence-electron chi connectivity index (χ1n) is 12.9. The molecule has 40 heavy (non-hydrogen) atoms. The molecule has 2 amide bonds. The zero-order valence-electron chi connectivity index (χ0n) is 22.6. The standard InChI is InChI=1S/C29H33Cl2N3O5S/c1-4-27(29(36)32-5-2)33(19-24-25(30)13-10-14-26(24)31)28(35)20-34(21-15-17-22(18-16-21)39-6-3)40(37,38)23-11-8-7-9-12-23/h7-18,27H,4-6,19-20H2,1-3H3,(H,32,36). The summed E-state index contributed by atoms with van der Waals surface area (Å²) in [6.07, 6.45) is 0.286. The molecule has 1 unspecified atom stereocenters. The van der Waals surface area contributed by atoms with Gasteiger partial charge < -0.3 is 15.0 Å². The van der Waals surface area contributed by atoms with Crippen molar-refractivity contribution in [2.45, 2.75) is 44.7 Å². The molecule has 11 heteroatoms. The average Bonchev–Trinajstić information content (AvgIpc) is 2.94. The third kappa shape index (κ3) is 7.47. The number of ether oxygens (including phenoxy) is 1. The number of halogens is 2. The number of amides is 2. The molecule has 0 saturated carbocycles. The van der Waals surface area contributed by atoms with E-state index in [9.17, 15) is 18.0 Å². The minimum Gasteiger partial charge on any atom is -0.494 e. The van der Waals surface area contributed by atoms with Crippen molar-refractivity contribution in [2.75, 3.05) is 24.0 Å². The van der Waals surface area contributed by atoms with Crippen molar-refractivity contribution < 1.29 is 22.7 Å². The van der Waals surface area contributed by atoms with Gasteiger partial charge in [-0.1, -0.05) is 54.4 Å². The summed E-state index contributed by atoms with van der Waals surface area (Å²) < 4.78 is 34.2. The second kappa shape index (κ2) is 14.4. The van der Waals surface area contributed by atoms with E-state index in [4.69, 9.17) is 27.9 Å². The highest BCUT2D eigenvalue weighted by Gasteiger charge is 2.34. The fourth-order valence-electron chi connectivity index (χ4n) is 4.19. The van der Waals surface area contributed by atoms with Gasteiger partial charge in [-0.15, -0.1) is 0 Å². The molecule has 0 aliphatic rings. The number of hydrogen-bond donors (Lipinski definition) is 1. The molecule has 0 saturated heterocycles. The normalized spacial score (nSPS) is 11.9. The number of sulfonamides is 1. The van der Waals surface area contributed by atoms with Gasteiger partial charge >= 0.3 is 0 Å². The number of hydrogen-bond acceptors (Lipinski definition) is 5. The average molecular weight is 607 g/mol. The van der Waals surface area contributed by atoms with Crippen LogP contribution in [0.1, 0.15) is 32.8 Å². The number of rotatable bonds is 13. The smallest absolute Gasteiger partial charge is 0.264 e. The molecule has 0 heterocycles. The van der Waals surface area contributed by atoms with Gasteiger partial charge in [0.1, 0.15) is 18.3 Å². The summed E-state index contributed by atoms with van der Waals surface area (Å²) in [5.74, 6) is -0.394. The molecule has 3 aromatic carbocycles. The van der Waals surface area contributed by atoms with Gasteiger partial charge in [0, 0.05) is 28.7 Å². The predicted octanol–water partition coefficient (Wildman–Crippen LogP) is 5.53. The Bertz CT molecular complexity index is 1380. The SMILES string of the molecule is CCNC(=O)C(CC)N(Cc1c(Cl)cccc1Cl)C(=O)CN(c1ccc(OCC)cc1)S(=O)(=O)c1ccccc1. The Labute approximate surface area is 245 Å². The zero-order chi connectivity index (χ0) is 29.3. The van der Waals surface area contributed by atoms with Crippen LogP contribution in [0.4, 0.5) is 5.69 Å². The van der Waals surface area contributed by atoms with E-state index >= 15 is 0 Å². The molecule has 3 rings (SSSR count). The van der Waals surface area contributed by atoms with E-state index in [-0.39, 0.29) is 29.5 Å². The highest BCUT2D eigenvalue weighted by Crippen LogP contribution is 2.29. The zero-order valence-corrected chi connectivity index (χ0v) is 25.0. The van der Waals surface area contributed by atoms with Crippen LogP contribution < -0.4 is 14.4 Å². The number of anilines is 1. The maximum atomic E-state index is 14.0. The Balaban J connectivity index is 2.08. The van der Waals surface area contributed by atoms with Gasteiger partial charge in [-0.2, -0.15) is 0 Å². The molecule has 8 nitrogen and oxygen atoms in total. The molecule has 1 atom stereocenters. The van der Waals surface area contributed by atoms with E-state index in [0.717, 1.165) is 4.31 Å². The fourth-order valence-corrected chi connectivity index (χ4v) is 6.14. The number of carbonyl (C=O) groups is 2. The Morgan fingerprint density at radius 3 is 2.08 bits per heavy atom. The van der Waals surface area contributed by atoms with Gasteiger partial charge in [-0.3, -0.25) is 13.9 Å². The molecule has 0 spiro atoms. The lowest BCUT2D eigenvalue weighted by molar-refractivity contribution is -0.140. The first-order chi connectivity index (χ1) is 19.1. The topological polar surface area (TPSA) is 96.0 Å². The maximum absolute atomic E-state index is 14.0. The highest BCUT2D eigenvalue weighted by molar-refractivity contribution is 7.92. The van der Waals surface area contributed by atoms with E-state index < -0.39 is 28.5 Å². The van der Waals surface area contributed by atoms with Gasteiger partial charge in [-0.25, -0.2) is 8.42 Å². The molecular weight excluding hydrogens is 573 g/mol. The summed E-state index contributed by atoms with van der Waals surface area (Å²) >= 11 is 12.8. The summed E-state index contributed by atoms with van der Waals surface area (Å²) in [5, 5.41) is 3.42. The number of nitrogens with one attached hydrogen (secondary N) is 1. The second-order valence-electron chi connectivity index (χ2n) is 8.79. The monoisotopic (exact) mass is 605 g/mol. The quantitative estimate of drug-likeness (QED) is 0.276. The number of benzene rings is 3. The van der Waals surface area contributed by atoms with Gasteiger partial charge in [0.15, 0.2) is 0 Å². The van der Waals surface area contributed by atoms with Crippen LogP contribution in [0, 0.1) is 0 Å². The maximum Gasteiger partial charge on any atom is 0.264 e. The van der Waals surface area contributed by atoms with Crippen molar-refractivity contribution in [3.05, 3.63) is 88.4 Å². The minimum atomic E-state index is -4.17. The van der Waals surface area contributed by atoms with Crippen LogP contribution in [0.25, 0.3) is 0 Å². The predicted molar refractivity (Wildman–Crippen MR) is 158 cm³/mol. The molecule has 0 bridgehead atoms. The van der Waals surface area contributed by atoms with E-state index in [1.165, 1.54) is 17.0 Å². The third-order valence-corrected chi connectivity index (χ3v) is 8.67. The Hall–Kier alpha value is -3.27. The first kappa shape index (κ1) is 31.3. The molecule has 0 aromatic heterocycles. The Kier molecular flexibility index (Phi) is 11.2. The number of nitrogens with zero attached hydrogens (tertiary/aromatic N) is 2. The highest BCUT2D eigenvalue weighted by atomic mass is 35.5. The van der Waals surface area contributed by atoms with Crippen molar-refractivity contribution in [3.8, 4) is 5.75 Å². The summed E-state index contributed by atoms with van der Waals surface area (Å²) in [6.45, 7) is 5.56. The van der Waals surface area contributed by atoms with Gasteiger partial charge in [0.2, 0.25) is 11.8 Å². The Morgan fingerprint density at radius 2 is 1.52 bits per heavy atom. The van der Waals surface area contributed by atoms with Crippen molar-refractivity contribution in [2.24, 2.45) is 0 Å². The Morgan fingerprint density at radius 1 is 0.900 bits per heavy atom. The van der Waals surface area contributed by atoms with Gasteiger partial charge in [0.05, 0.1) is 17.2 Å². The van der Waals surface area contributed by atoms with Gasteiger partial charge in [-0.05, 0) is 68.8 Å². The van der Waals surface area contributed by atoms with Crippen LogP contribution in [0.15, 0.2) is 77.7 Å². The van der Waals surface area contributed by atoms with Crippen LogP contribution in [-0.2, 0) is 26.2 Å². The number of carbonyl (C=O) groups excluding carboxylic acids is 2. The summed E-state index contributed by atoms with van der Waals surface area (Å²) in [4.78, 5) is 28.4. The van der Waals surface area contributed by atoms with Gasteiger partial charge in [0.25, 0.3) is 10.0 Å². The molecule has 3 aromatic rings. The largest absolute Gasteiger partial charge is 0.494 e. The summed E-state index contributed by atoms with van der Waals surface area (Å²) in [5.41, 5.74) is 0.725. The van der Waals surface area contributed by atoms with Crippen LogP contribution in [0.2, 0.25) is 10.0 Å². The van der Waals surface area contributed by atoms with Crippen LogP contribution >= 0.6 is 23.2 Å². The van der Waals surface area contributed by atoms with Crippen molar-refractivity contribution in [3.63, 3.8) is 0 Å². The molecule has 0 aliphatic heterocycles. The van der Waals surface area contributed by atoms with Crippen LogP contribution in [-0.4, -0.2) is 50.9 Å². The molecule has 1 N–H and O–H groups in total. The lowest BCUT2D eigenvalue weighted by atomic mass is 10.1. The van der Waals surface area contributed by atoms with Crippen molar-refractivity contribution in [1.29, 1.82) is 0 Å². The molecule has 214 valence electrons. The van der Waals surface area contributed by atoms with E-state index in [1.54, 1.807) is 74.5 Å². The molecule has 0 radical (unpaired) electrons. The van der Waals surface area contributed by atoms with E-state index in [2.05, 4.69) is 5.32 Å². The van der Waals surface area contributed by atoms with Crippen LogP contribution in [0.5, 0.6) is 5.75 Å². The molecular formula is C29H33Cl2N3O5S. The fraction of sp³-hybridized carbons (Fsp3) is 0.310. The van der Waals surface area contributed by atoms with Crippen LogP contribution in [0.3, 0.4) is 0 Å². The second-order valence-corrected chi connectivity index (χ2v) is 11.5. The summed E-state index contributed by atoms with van der Waals surface area (Å²) in [6, 6.07) is 18.4. The van der Waals surface area contributed by atoms with Crippen molar-refractivity contribution in [1.82, 2.24) is 10.2 Å². The minimum absolute atomic E-state index is 0.0214. The third-order valence-electron chi connectivity index (χ3n) is 6.17. The van der Waals surface area contributed by atoms with E-state index in [0.29, 0.717) is 34.5 Å². The molecule has 0 aliphatic carbocycles. The first-order valence-corrected chi connectivity index (χ1v) is 15.1.